The molecule has 0 saturated carbocycles. The fraction of sp³-hybridized carbons (Fsp3) is 0.389. The van der Waals surface area contributed by atoms with Crippen LogP contribution in [0, 0.1) is 0 Å². The molecule has 0 aliphatic carbocycles. The van der Waals surface area contributed by atoms with Crippen LogP contribution in [0.2, 0.25) is 0 Å². The van der Waals surface area contributed by atoms with Crippen LogP contribution in [0.15, 0.2) is 46.1 Å². The van der Waals surface area contributed by atoms with E-state index in [-0.39, 0.29) is 0 Å². The number of thiophene rings is 1. The van der Waals surface area contributed by atoms with Crippen molar-refractivity contribution in [2.45, 2.75) is 19.4 Å². The SMILES string of the molecule is CN=C(NCC(C)c1ccsc1)N(C)Cc1ccccc1OC. The zero-order valence-electron chi connectivity index (χ0n) is 14.2. The summed E-state index contributed by atoms with van der Waals surface area (Å²) < 4.78 is 5.42. The fourth-order valence-corrected chi connectivity index (χ4v) is 3.25. The van der Waals surface area contributed by atoms with E-state index in [1.807, 2.05) is 32.3 Å². The van der Waals surface area contributed by atoms with Crippen molar-refractivity contribution >= 4 is 17.3 Å². The Morgan fingerprint density at radius 3 is 2.78 bits per heavy atom. The number of para-hydroxylation sites is 1. The minimum Gasteiger partial charge on any atom is -0.496 e. The van der Waals surface area contributed by atoms with Crippen LogP contribution in [0.1, 0.15) is 24.0 Å². The van der Waals surface area contributed by atoms with E-state index in [4.69, 9.17) is 4.74 Å². The molecule has 0 radical (unpaired) electrons. The molecule has 1 atom stereocenters. The van der Waals surface area contributed by atoms with Crippen molar-refractivity contribution in [2.75, 3.05) is 27.7 Å². The number of aliphatic imine (C=N–C) groups is 1. The summed E-state index contributed by atoms with van der Waals surface area (Å²) >= 11 is 1.74. The van der Waals surface area contributed by atoms with Gasteiger partial charge in [0.05, 0.1) is 7.11 Å². The standard InChI is InChI=1S/C18H25N3OS/c1-14(16-9-10-23-13-16)11-20-18(19-2)21(3)12-15-7-5-6-8-17(15)22-4/h5-10,13-14H,11-12H2,1-4H3,(H,19,20). The summed E-state index contributed by atoms with van der Waals surface area (Å²) in [5.74, 6) is 2.25. The number of hydrogen-bond acceptors (Lipinski definition) is 3. The van der Waals surface area contributed by atoms with Gasteiger partial charge in [-0.05, 0) is 34.4 Å². The van der Waals surface area contributed by atoms with Crippen LogP contribution in [0.3, 0.4) is 0 Å². The highest BCUT2D eigenvalue weighted by molar-refractivity contribution is 7.07. The Morgan fingerprint density at radius 2 is 2.13 bits per heavy atom. The zero-order valence-corrected chi connectivity index (χ0v) is 15.1. The van der Waals surface area contributed by atoms with Crippen molar-refractivity contribution in [3.05, 3.63) is 52.2 Å². The lowest BCUT2D eigenvalue weighted by molar-refractivity contribution is 0.396. The van der Waals surface area contributed by atoms with E-state index in [1.165, 1.54) is 5.56 Å². The Morgan fingerprint density at radius 1 is 1.35 bits per heavy atom. The Labute approximate surface area is 142 Å². The number of hydrogen-bond donors (Lipinski definition) is 1. The van der Waals surface area contributed by atoms with Gasteiger partial charge >= 0.3 is 0 Å². The van der Waals surface area contributed by atoms with Gasteiger partial charge in [-0.25, -0.2) is 0 Å². The molecule has 1 unspecified atom stereocenters. The quantitative estimate of drug-likeness (QED) is 0.649. The molecule has 0 bridgehead atoms. The third-order valence-corrected chi connectivity index (χ3v) is 4.55. The van der Waals surface area contributed by atoms with E-state index in [0.717, 1.165) is 30.4 Å². The minimum atomic E-state index is 0.456. The average Bonchev–Trinajstić information content (AvgIpc) is 3.10. The number of nitrogens with one attached hydrogen (secondary N) is 1. The molecule has 1 aromatic carbocycles. The highest BCUT2D eigenvalue weighted by Gasteiger charge is 2.12. The molecule has 124 valence electrons. The molecule has 0 saturated heterocycles. The summed E-state index contributed by atoms with van der Waals surface area (Å²) in [6.45, 7) is 3.83. The summed E-state index contributed by atoms with van der Waals surface area (Å²) in [5.41, 5.74) is 2.51. The van der Waals surface area contributed by atoms with Crippen LogP contribution in [-0.2, 0) is 6.54 Å². The third kappa shape index (κ3) is 4.73. The molecule has 1 aromatic heterocycles. The van der Waals surface area contributed by atoms with Gasteiger partial charge in [-0.3, -0.25) is 4.99 Å². The molecule has 2 aromatic rings. The summed E-state index contributed by atoms with van der Waals surface area (Å²) in [6, 6.07) is 10.3. The maximum Gasteiger partial charge on any atom is 0.193 e. The van der Waals surface area contributed by atoms with Gasteiger partial charge in [-0.15, -0.1) is 0 Å². The first-order valence-corrected chi connectivity index (χ1v) is 8.65. The average molecular weight is 331 g/mol. The van der Waals surface area contributed by atoms with Crippen LogP contribution in [0.5, 0.6) is 5.75 Å². The molecule has 0 amide bonds. The summed E-state index contributed by atoms with van der Waals surface area (Å²) in [6.07, 6.45) is 0. The molecule has 0 aliphatic rings. The Kier molecular flexibility index (Phi) is 6.47. The first-order valence-electron chi connectivity index (χ1n) is 7.71. The van der Waals surface area contributed by atoms with Crippen molar-refractivity contribution in [3.63, 3.8) is 0 Å². The predicted octanol–water partition coefficient (Wildman–Crippen LogP) is 3.57. The molecule has 0 aliphatic heterocycles. The van der Waals surface area contributed by atoms with Gasteiger partial charge < -0.3 is 15.0 Å². The first-order chi connectivity index (χ1) is 11.2. The van der Waals surface area contributed by atoms with E-state index in [2.05, 4.69) is 45.0 Å². The number of benzene rings is 1. The number of rotatable bonds is 6. The van der Waals surface area contributed by atoms with E-state index in [9.17, 15) is 0 Å². The fourth-order valence-electron chi connectivity index (χ4n) is 2.47. The molecule has 1 heterocycles. The molecule has 2 rings (SSSR count). The van der Waals surface area contributed by atoms with Gasteiger partial charge in [0.1, 0.15) is 5.75 Å². The Bertz CT molecular complexity index is 625. The van der Waals surface area contributed by atoms with Gasteiger partial charge in [0, 0.05) is 32.7 Å². The third-order valence-electron chi connectivity index (χ3n) is 3.85. The lowest BCUT2D eigenvalue weighted by atomic mass is 10.1. The minimum absolute atomic E-state index is 0.456. The van der Waals surface area contributed by atoms with Crippen molar-refractivity contribution in [2.24, 2.45) is 4.99 Å². The van der Waals surface area contributed by atoms with E-state index < -0.39 is 0 Å². The monoisotopic (exact) mass is 331 g/mol. The first kappa shape index (κ1) is 17.3. The molecule has 5 heteroatoms. The maximum absolute atomic E-state index is 5.42. The zero-order chi connectivity index (χ0) is 16.7. The van der Waals surface area contributed by atoms with Crippen LogP contribution < -0.4 is 10.1 Å². The van der Waals surface area contributed by atoms with Gasteiger partial charge in [0.15, 0.2) is 5.96 Å². The van der Waals surface area contributed by atoms with Crippen molar-refractivity contribution in [3.8, 4) is 5.75 Å². The van der Waals surface area contributed by atoms with E-state index >= 15 is 0 Å². The van der Waals surface area contributed by atoms with E-state index in [0.29, 0.717) is 5.92 Å². The maximum atomic E-state index is 5.42. The van der Waals surface area contributed by atoms with Crippen LogP contribution in [0.4, 0.5) is 0 Å². The second-order valence-electron chi connectivity index (χ2n) is 5.55. The molecule has 0 spiro atoms. The van der Waals surface area contributed by atoms with Crippen molar-refractivity contribution in [1.82, 2.24) is 10.2 Å². The molecular formula is C18H25N3OS. The Balaban J connectivity index is 1.95. The lowest BCUT2D eigenvalue weighted by Gasteiger charge is -2.24. The normalized spacial score (nSPS) is 12.8. The summed E-state index contributed by atoms with van der Waals surface area (Å²) in [5, 5.41) is 7.78. The van der Waals surface area contributed by atoms with Crippen LogP contribution in [-0.4, -0.2) is 38.6 Å². The summed E-state index contributed by atoms with van der Waals surface area (Å²) in [4.78, 5) is 6.50. The molecule has 4 nitrogen and oxygen atoms in total. The Hall–Kier alpha value is -2.01. The van der Waals surface area contributed by atoms with Gasteiger partial charge in [0.25, 0.3) is 0 Å². The van der Waals surface area contributed by atoms with Gasteiger partial charge in [0.2, 0.25) is 0 Å². The smallest absolute Gasteiger partial charge is 0.193 e. The summed E-state index contributed by atoms with van der Waals surface area (Å²) in [7, 11) is 5.56. The van der Waals surface area contributed by atoms with Crippen LogP contribution >= 0.6 is 11.3 Å². The number of methoxy groups -OCH3 is 1. The topological polar surface area (TPSA) is 36.9 Å². The second kappa shape index (κ2) is 8.58. The molecule has 23 heavy (non-hydrogen) atoms. The highest BCUT2D eigenvalue weighted by atomic mass is 32.1. The number of guanidine groups is 1. The van der Waals surface area contributed by atoms with Crippen molar-refractivity contribution in [1.29, 1.82) is 0 Å². The second-order valence-corrected chi connectivity index (χ2v) is 6.33. The number of nitrogens with zero attached hydrogens (tertiary/aromatic N) is 2. The van der Waals surface area contributed by atoms with Crippen molar-refractivity contribution < 1.29 is 4.74 Å². The molecular weight excluding hydrogens is 306 g/mol. The molecule has 0 fully saturated rings. The van der Waals surface area contributed by atoms with Gasteiger partial charge in [-0.2, -0.15) is 11.3 Å². The largest absolute Gasteiger partial charge is 0.496 e. The number of ether oxygens (including phenoxy) is 1. The van der Waals surface area contributed by atoms with Gasteiger partial charge in [-0.1, -0.05) is 25.1 Å². The van der Waals surface area contributed by atoms with E-state index in [1.54, 1.807) is 18.4 Å². The predicted molar refractivity (Wildman–Crippen MR) is 98.6 cm³/mol. The lowest BCUT2D eigenvalue weighted by Crippen LogP contribution is -2.40. The molecule has 1 N–H and O–H groups in total. The highest BCUT2D eigenvalue weighted by Crippen LogP contribution is 2.19. The van der Waals surface area contributed by atoms with Crippen LogP contribution in [0.25, 0.3) is 0 Å².